The first kappa shape index (κ1) is 16.9. The molecule has 24 heavy (non-hydrogen) atoms. The molecule has 3 heterocycles. The average Bonchev–Trinajstić information content (AvgIpc) is 3.26. The number of likely N-dealkylation sites (N-methyl/N-ethyl adjacent to an activating group) is 1. The average molecular weight is 348 g/mol. The summed E-state index contributed by atoms with van der Waals surface area (Å²) in [6.45, 7) is 2.00. The van der Waals surface area contributed by atoms with Crippen LogP contribution in [0.1, 0.15) is 29.7 Å². The van der Waals surface area contributed by atoms with Crippen molar-refractivity contribution in [2.24, 2.45) is 0 Å². The molecule has 0 saturated heterocycles. The largest absolute Gasteiger partial charge is 0.336 e. The van der Waals surface area contributed by atoms with Gasteiger partial charge in [0.05, 0.1) is 12.6 Å². The number of aryl methyl sites for hydroxylation is 1. The van der Waals surface area contributed by atoms with E-state index in [0.717, 1.165) is 31.0 Å². The molecule has 0 aromatic carbocycles. The second-order valence-electron chi connectivity index (χ2n) is 6.37. The van der Waals surface area contributed by atoms with Gasteiger partial charge in [0, 0.05) is 26.6 Å². The standard InChI is InChI=1S/C16H24N6OS/c1-20(2)13(12-6-8-24-11-12)9-17-16(23)21(3)10-15-19-18-14-5-4-7-22(14)15/h6,8,11,13H,4-5,7,9-10H2,1-3H3,(H,17,23). The molecule has 1 atom stereocenters. The predicted molar refractivity (Wildman–Crippen MR) is 94.0 cm³/mol. The van der Waals surface area contributed by atoms with Gasteiger partial charge in [-0.05, 0) is 42.9 Å². The fourth-order valence-electron chi connectivity index (χ4n) is 2.99. The number of carbonyl (C=O) groups is 1. The van der Waals surface area contributed by atoms with Crippen LogP contribution in [0, 0.1) is 0 Å². The zero-order chi connectivity index (χ0) is 17.1. The van der Waals surface area contributed by atoms with Gasteiger partial charge in [0.1, 0.15) is 5.82 Å². The van der Waals surface area contributed by atoms with E-state index in [1.807, 2.05) is 14.1 Å². The van der Waals surface area contributed by atoms with Crippen molar-refractivity contribution in [3.05, 3.63) is 34.0 Å². The first-order chi connectivity index (χ1) is 11.6. The summed E-state index contributed by atoms with van der Waals surface area (Å²) in [4.78, 5) is 16.2. The maximum atomic E-state index is 12.4. The summed E-state index contributed by atoms with van der Waals surface area (Å²) < 4.78 is 2.12. The number of carbonyl (C=O) groups excluding carboxylic acids is 1. The van der Waals surface area contributed by atoms with Gasteiger partial charge in [0.2, 0.25) is 0 Å². The van der Waals surface area contributed by atoms with Gasteiger partial charge < -0.3 is 19.7 Å². The molecule has 1 aliphatic heterocycles. The summed E-state index contributed by atoms with van der Waals surface area (Å²) in [5.74, 6) is 1.89. The van der Waals surface area contributed by atoms with Gasteiger partial charge in [-0.15, -0.1) is 10.2 Å². The van der Waals surface area contributed by atoms with Crippen LogP contribution in [-0.2, 0) is 19.5 Å². The fourth-order valence-corrected chi connectivity index (χ4v) is 3.70. The van der Waals surface area contributed by atoms with E-state index in [1.54, 1.807) is 23.3 Å². The smallest absolute Gasteiger partial charge is 0.317 e. The Morgan fingerprint density at radius 1 is 1.42 bits per heavy atom. The minimum Gasteiger partial charge on any atom is -0.336 e. The van der Waals surface area contributed by atoms with Gasteiger partial charge in [0.25, 0.3) is 0 Å². The van der Waals surface area contributed by atoms with Crippen molar-refractivity contribution in [3.8, 4) is 0 Å². The Bertz CT molecular complexity index is 681. The number of nitrogens with one attached hydrogen (secondary N) is 1. The Morgan fingerprint density at radius 3 is 2.96 bits per heavy atom. The number of nitrogens with zero attached hydrogens (tertiary/aromatic N) is 5. The third kappa shape index (κ3) is 3.59. The van der Waals surface area contributed by atoms with Crippen LogP contribution in [-0.4, -0.2) is 58.3 Å². The summed E-state index contributed by atoms with van der Waals surface area (Å²) in [5.41, 5.74) is 1.23. The first-order valence-corrected chi connectivity index (χ1v) is 9.09. The van der Waals surface area contributed by atoms with E-state index in [9.17, 15) is 4.79 Å². The number of hydrogen-bond acceptors (Lipinski definition) is 5. The third-order valence-electron chi connectivity index (χ3n) is 4.41. The van der Waals surface area contributed by atoms with Crippen LogP contribution in [0.5, 0.6) is 0 Å². The summed E-state index contributed by atoms with van der Waals surface area (Å²) in [6.07, 6.45) is 2.09. The molecule has 0 fully saturated rings. The lowest BCUT2D eigenvalue weighted by atomic mass is 10.1. The molecule has 2 amide bonds. The highest BCUT2D eigenvalue weighted by Crippen LogP contribution is 2.20. The Balaban J connectivity index is 1.56. The molecule has 1 aliphatic rings. The molecule has 130 valence electrons. The maximum absolute atomic E-state index is 12.4. The Kier molecular flexibility index (Phi) is 5.15. The monoisotopic (exact) mass is 348 g/mol. The number of hydrogen-bond donors (Lipinski definition) is 1. The van der Waals surface area contributed by atoms with Crippen LogP contribution in [0.4, 0.5) is 4.79 Å². The van der Waals surface area contributed by atoms with Crippen LogP contribution in [0.2, 0.25) is 0 Å². The van der Waals surface area contributed by atoms with E-state index in [1.165, 1.54) is 5.56 Å². The van der Waals surface area contributed by atoms with E-state index in [-0.39, 0.29) is 12.1 Å². The van der Waals surface area contributed by atoms with Gasteiger partial charge in [-0.2, -0.15) is 11.3 Å². The lowest BCUT2D eigenvalue weighted by Crippen LogP contribution is -2.41. The molecule has 1 unspecified atom stereocenters. The molecular formula is C16H24N6OS. The van der Waals surface area contributed by atoms with Crippen molar-refractivity contribution in [1.82, 2.24) is 29.9 Å². The molecule has 0 radical (unpaired) electrons. The van der Waals surface area contributed by atoms with E-state index >= 15 is 0 Å². The van der Waals surface area contributed by atoms with Crippen molar-refractivity contribution >= 4 is 17.4 Å². The SMILES string of the molecule is CN(Cc1nnc2n1CCC2)C(=O)NCC(c1ccsc1)N(C)C. The maximum Gasteiger partial charge on any atom is 0.317 e. The minimum absolute atomic E-state index is 0.0903. The van der Waals surface area contributed by atoms with Crippen molar-refractivity contribution in [2.45, 2.75) is 32.0 Å². The van der Waals surface area contributed by atoms with Gasteiger partial charge in [0.15, 0.2) is 5.82 Å². The summed E-state index contributed by atoms with van der Waals surface area (Å²) in [6, 6.07) is 2.18. The lowest BCUT2D eigenvalue weighted by Gasteiger charge is -2.25. The van der Waals surface area contributed by atoms with Crippen molar-refractivity contribution in [3.63, 3.8) is 0 Å². The van der Waals surface area contributed by atoms with Gasteiger partial charge in [-0.1, -0.05) is 0 Å². The topological polar surface area (TPSA) is 66.3 Å². The molecular weight excluding hydrogens is 324 g/mol. The first-order valence-electron chi connectivity index (χ1n) is 8.14. The second-order valence-corrected chi connectivity index (χ2v) is 7.15. The highest BCUT2D eigenvalue weighted by Gasteiger charge is 2.21. The van der Waals surface area contributed by atoms with Gasteiger partial charge in [-0.25, -0.2) is 4.79 Å². The van der Waals surface area contributed by atoms with Crippen molar-refractivity contribution in [2.75, 3.05) is 27.7 Å². The van der Waals surface area contributed by atoms with Crippen LogP contribution in [0.3, 0.4) is 0 Å². The number of amides is 2. The normalized spacial score (nSPS) is 14.7. The van der Waals surface area contributed by atoms with Gasteiger partial charge >= 0.3 is 6.03 Å². The zero-order valence-electron chi connectivity index (χ0n) is 14.4. The van der Waals surface area contributed by atoms with Crippen molar-refractivity contribution in [1.29, 1.82) is 0 Å². The van der Waals surface area contributed by atoms with Crippen molar-refractivity contribution < 1.29 is 4.79 Å². The predicted octanol–water partition coefficient (Wildman–Crippen LogP) is 1.73. The highest BCUT2D eigenvalue weighted by atomic mass is 32.1. The molecule has 0 aliphatic carbocycles. The Labute approximate surface area is 146 Å². The van der Waals surface area contributed by atoms with E-state index in [4.69, 9.17) is 0 Å². The number of thiophene rings is 1. The minimum atomic E-state index is -0.0903. The highest BCUT2D eigenvalue weighted by molar-refractivity contribution is 7.07. The Hall–Kier alpha value is -1.93. The molecule has 1 N–H and O–H groups in total. The van der Waals surface area contributed by atoms with E-state index < -0.39 is 0 Å². The van der Waals surface area contributed by atoms with E-state index in [0.29, 0.717) is 13.1 Å². The molecule has 2 aromatic heterocycles. The fraction of sp³-hybridized carbons (Fsp3) is 0.562. The Morgan fingerprint density at radius 2 is 2.25 bits per heavy atom. The molecule has 3 rings (SSSR count). The second kappa shape index (κ2) is 7.31. The van der Waals surface area contributed by atoms with Crippen LogP contribution < -0.4 is 5.32 Å². The number of fused-ring (bicyclic) bond motifs is 1. The van der Waals surface area contributed by atoms with E-state index in [2.05, 4.69) is 41.8 Å². The molecule has 0 saturated carbocycles. The molecule has 7 nitrogen and oxygen atoms in total. The summed E-state index contributed by atoms with van der Waals surface area (Å²) in [7, 11) is 5.84. The van der Waals surface area contributed by atoms with Gasteiger partial charge in [-0.3, -0.25) is 0 Å². The number of aromatic nitrogens is 3. The lowest BCUT2D eigenvalue weighted by molar-refractivity contribution is 0.199. The molecule has 2 aromatic rings. The molecule has 0 bridgehead atoms. The quantitative estimate of drug-likeness (QED) is 0.863. The molecule has 8 heteroatoms. The number of urea groups is 1. The summed E-state index contributed by atoms with van der Waals surface area (Å²) in [5, 5.41) is 15.6. The third-order valence-corrected chi connectivity index (χ3v) is 5.11. The number of rotatable bonds is 6. The van der Waals surface area contributed by atoms with Crippen LogP contribution in [0.25, 0.3) is 0 Å². The summed E-state index contributed by atoms with van der Waals surface area (Å²) >= 11 is 1.67. The van der Waals surface area contributed by atoms with Crippen LogP contribution in [0.15, 0.2) is 16.8 Å². The van der Waals surface area contributed by atoms with Crippen LogP contribution >= 0.6 is 11.3 Å². The molecule has 0 spiro atoms. The zero-order valence-corrected chi connectivity index (χ0v) is 15.2.